The number of carbonyl (C=O) groups excluding carboxylic acids is 1. The fourth-order valence-electron chi connectivity index (χ4n) is 1.17. The predicted molar refractivity (Wildman–Crippen MR) is 61.8 cm³/mol. The average Bonchev–Trinajstić information content (AvgIpc) is 2.94. The van der Waals surface area contributed by atoms with E-state index in [4.69, 9.17) is 0 Å². The molecule has 0 fully saturated rings. The molecule has 0 saturated carbocycles. The lowest BCUT2D eigenvalue weighted by molar-refractivity contribution is 0.0595. The van der Waals surface area contributed by atoms with Gasteiger partial charge in [0.2, 0.25) is 0 Å². The number of thiazole rings is 1. The highest BCUT2D eigenvalue weighted by atomic mass is 32.1. The van der Waals surface area contributed by atoms with Crippen LogP contribution in [0.5, 0.6) is 0 Å². The van der Waals surface area contributed by atoms with Gasteiger partial charge in [-0.15, -0.1) is 11.3 Å². The van der Waals surface area contributed by atoms with Crippen LogP contribution in [0.1, 0.15) is 16.3 Å². The number of aryl methyl sites for hydroxylation is 1. The molecular weight excluding hydrogens is 242 g/mol. The molecule has 0 radical (unpaired) electrons. The first-order valence-corrected chi connectivity index (χ1v) is 5.69. The first-order chi connectivity index (χ1) is 8.19. The number of methoxy groups -OCH3 is 1. The predicted octanol–water partition coefficient (Wildman–Crippen LogP) is 0.670. The van der Waals surface area contributed by atoms with Crippen LogP contribution in [-0.2, 0) is 18.3 Å². The second kappa shape index (κ2) is 4.91. The SMILES string of the molecule is COC(=O)c1csc(NCc2ncn(C)n2)n1. The van der Waals surface area contributed by atoms with Gasteiger partial charge >= 0.3 is 5.97 Å². The van der Waals surface area contributed by atoms with Gasteiger partial charge in [0, 0.05) is 12.4 Å². The van der Waals surface area contributed by atoms with Crippen LogP contribution in [0, 0.1) is 0 Å². The molecule has 0 aromatic carbocycles. The number of hydrogen-bond donors (Lipinski definition) is 1. The number of hydrogen-bond acceptors (Lipinski definition) is 7. The zero-order chi connectivity index (χ0) is 12.3. The zero-order valence-electron chi connectivity index (χ0n) is 9.38. The van der Waals surface area contributed by atoms with E-state index in [0.29, 0.717) is 23.2 Å². The number of nitrogens with zero attached hydrogens (tertiary/aromatic N) is 4. The highest BCUT2D eigenvalue weighted by Crippen LogP contribution is 2.16. The van der Waals surface area contributed by atoms with Crippen molar-refractivity contribution in [1.82, 2.24) is 19.7 Å². The van der Waals surface area contributed by atoms with Gasteiger partial charge in [0.15, 0.2) is 16.6 Å². The molecule has 2 heterocycles. The van der Waals surface area contributed by atoms with E-state index in [-0.39, 0.29) is 0 Å². The monoisotopic (exact) mass is 253 g/mol. The van der Waals surface area contributed by atoms with Crippen molar-refractivity contribution < 1.29 is 9.53 Å². The molecule has 1 N–H and O–H groups in total. The van der Waals surface area contributed by atoms with Crippen LogP contribution in [-0.4, -0.2) is 32.8 Å². The topological polar surface area (TPSA) is 81.9 Å². The second-order valence-corrected chi connectivity index (χ2v) is 4.08. The minimum atomic E-state index is -0.440. The smallest absolute Gasteiger partial charge is 0.357 e. The lowest BCUT2D eigenvalue weighted by Gasteiger charge is -1.97. The summed E-state index contributed by atoms with van der Waals surface area (Å²) in [6, 6.07) is 0. The Morgan fingerprint density at radius 3 is 3.12 bits per heavy atom. The Morgan fingerprint density at radius 2 is 2.47 bits per heavy atom. The first kappa shape index (κ1) is 11.5. The lowest BCUT2D eigenvalue weighted by atomic mass is 10.5. The molecule has 0 aliphatic carbocycles. The molecule has 8 heteroatoms. The van der Waals surface area contributed by atoms with E-state index in [1.807, 2.05) is 0 Å². The fraction of sp³-hybridized carbons (Fsp3) is 0.333. The molecule has 7 nitrogen and oxygen atoms in total. The molecule has 0 aliphatic heterocycles. The average molecular weight is 253 g/mol. The van der Waals surface area contributed by atoms with Gasteiger partial charge < -0.3 is 10.1 Å². The molecule has 0 aliphatic rings. The third-order valence-corrected chi connectivity index (χ3v) is 2.74. The summed E-state index contributed by atoms with van der Waals surface area (Å²) >= 11 is 1.33. The summed E-state index contributed by atoms with van der Waals surface area (Å²) in [5.41, 5.74) is 0.300. The number of esters is 1. The summed E-state index contributed by atoms with van der Waals surface area (Å²) in [7, 11) is 3.13. The van der Waals surface area contributed by atoms with Gasteiger partial charge in [-0.2, -0.15) is 5.10 Å². The van der Waals surface area contributed by atoms with E-state index >= 15 is 0 Å². The lowest BCUT2D eigenvalue weighted by Crippen LogP contribution is -2.04. The van der Waals surface area contributed by atoms with Crippen molar-refractivity contribution >= 4 is 22.4 Å². The maximum atomic E-state index is 11.2. The van der Waals surface area contributed by atoms with Crippen molar-refractivity contribution in [2.24, 2.45) is 7.05 Å². The van der Waals surface area contributed by atoms with Crippen molar-refractivity contribution in [3.63, 3.8) is 0 Å². The number of anilines is 1. The van der Waals surface area contributed by atoms with Crippen LogP contribution in [0.15, 0.2) is 11.7 Å². The van der Waals surface area contributed by atoms with E-state index in [1.54, 1.807) is 23.4 Å². The molecule has 90 valence electrons. The third-order valence-electron chi connectivity index (χ3n) is 1.94. The maximum absolute atomic E-state index is 11.2. The number of carbonyl (C=O) groups is 1. The standard InChI is InChI=1S/C9H11N5O2S/c1-14-5-11-7(13-14)3-10-9-12-6(4-17-9)8(15)16-2/h4-5H,3H2,1-2H3,(H,10,12). The largest absolute Gasteiger partial charge is 0.464 e. The molecular formula is C9H11N5O2S. The van der Waals surface area contributed by atoms with Gasteiger partial charge in [-0.25, -0.2) is 14.8 Å². The van der Waals surface area contributed by atoms with E-state index in [0.717, 1.165) is 0 Å². The number of ether oxygens (including phenoxy) is 1. The number of aromatic nitrogens is 4. The van der Waals surface area contributed by atoms with E-state index < -0.39 is 5.97 Å². The normalized spacial score (nSPS) is 10.2. The number of rotatable bonds is 4. The van der Waals surface area contributed by atoms with Crippen molar-refractivity contribution in [1.29, 1.82) is 0 Å². The van der Waals surface area contributed by atoms with E-state index in [1.165, 1.54) is 18.4 Å². The fourth-order valence-corrected chi connectivity index (χ4v) is 1.85. The van der Waals surface area contributed by atoms with Gasteiger partial charge in [0.05, 0.1) is 13.7 Å². The van der Waals surface area contributed by atoms with Crippen LogP contribution in [0.4, 0.5) is 5.13 Å². The molecule has 0 bridgehead atoms. The van der Waals surface area contributed by atoms with Gasteiger partial charge in [-0.1, -0.05) is 0 Å². The van der Waals surface area contributed by atoms with Crippen LogP contribution < -0.4 is 5.32 Å². The Hall–Kier alpha value is -1.96. The zero-order valence-corrected chi connectivity index (χ0v) is 10.2. The van der Waals surface area contributed by atoms with Crippen molar-refractivity contribution in [2.75, 3.05) is 12.4 Å². The van der Waals surface area contributed by atoms with Crippen molar-refractivity contribution in [3.05, 3.63) is 23.2 Å². The Morgan fingerprint density at radius 1 is 1.65 bits per heavy atom. The van der Waals surface area contributed by atoms with Gasteiger partial charge in [0.1, 0.15) is 6.33 Å². The molecule has 0 saturated heterocycles. The molecule has 0 unspecified atom stereocenters. The quantitative estimate of drug-likeness (QED) is 0.806. The van der Waals surface area contributed by atoms with Crippen LogP contribution in [0.3, 0.4) is 0 Å². The molecule has 2 aromatic rings. The Kier molecular flexibility index (Phi) is 3.33. The van der Waals surface area contributed by atoms with Crippen LogP contribution in [0.25, 0.3) is 0 Å². The first-order valence-electron chi connectivity index (χ1n) is 4.81. The third kappa shape index (κ3) is 2.78. The van der Waals surface area contributed by atoms with E-state index in [2.05, 4.69) is 25.1 Å². The molecule has 2 aromatic heterocycles. The summed E-state index contributed by atoms with van der Waals surface area (Å²) in [4.78, 5) is 19.3. The van der Waals surface area contributed by atoms with Crippen molar-refractivity contribution in [2.45, 2.75) is 6.54 Å². The van der Waals surface area contributed by atoms with Gasteiger partial charge in [-0.3, -0.25) is 4.68 Å². The number of nitrogens with one attached hydrogen (secondary N) is 1. The summed E-state index contributed by atoms with van der Waals surface area (Å²) in [5.74, 6) is 0.229. The molecule has 2 rings (SSSR count). The van der Waals surface area contributed by atoms with Gasteiger partial charge in [0.25, 0.3) is 0 Å². The Balaban J connectivity index is 1.95. The molecule has 0 amide bonds. The van der Waals surface area contributed by atoms with Crippen LogP contribution >= 0.6 is 11.3 Å². The highest BCUT2D eigenvalue weighted by molar-refractivity contribution is 7.13. The van der Waals surface area contributed by atoms with Crippen molar-refractivity contribution in [3.8, 4) is 0 Å². The summed E-state index contributed by atoms with van der Waals surface area (Å²) in [6.45, 7) is 0.467. The summed E-state index contributed by atoms with van der Waals surface area (Å²) < 4.78 is 6.19. The van der Waals surface area contributed by atoms with E-state index in [9.17, 15) is 4.79 Å². The van der Waals surface area contributed by atoms with Crippen LogP contribution in [0.2, 0.25) is 0 Å². The minimum Gasteiger partial charge on any atom is -0.464 e. The molecule has 0 spiro atoms. The Labute approximate surface area is 101 Å². The Bertz CT molecular complexity index is 521. The highest BCUT2D eigenvalue weighted by Gasteiger charge is 2.10. The molecule has 0 atom stereocenters. The summed E-state index contributed by atoms with van der Waals surface area (Å²) in [6.07, 6.45) is 1.62. The second-order valence-electron chi connectivity index (χ2n) is 3.22. The maximum Gasteiger partial charge on any atom is 0.357 e. The molecule has 17 heavy (non-hydrogen) atoms. The minimum absolute atomic E-state index is 0.300. The summed E-state index contributed by atoms with van der Waals surface area (Å²) in [5, 5.41) is 9.42. The van der Waals surface area contributed by atoms with Gasteiger partial charge in [-0.05, 0) is 0 Å².